The van der Waals surface area contributed by atoms with Gasteiger partial charge in [-0.25, -0.2) is 13.2 Å². The molecule has 0 radical (unpaired) electrons. The van der Waals surface area contributed by atoms with Gasteiger partial charge in [-0.2, -0.15) is 0 Å². The highest BCUT2D eigenvalue weighted by molar-refractivity contribution is 5.15. The molecule has 2 aliphatic carbocycles. The lowest BCUT2D eigenvalue weighted by Crippen LogP contribution is -2.03. The molecular formula is C55H85F3O. The number of rotatable bonds is 0. The Bertz CT molecular complexity index is 1370. The molecule has 0 unspecified atom stereocenters. The van der Waals surface area contributed by atoms with E-state index in [0.29, 0.717) is 5.56 Å². The summed E-state index contributed by atoms with van der Waals surface area (Å²) in [4.78, 5) is 0. The average Bonchev–Trinajstić information content (AvgIpc) is 3.24. The van der Waals surface area contributed by atoms with Crippen LogP contribution < -0.4 is 0 Å². The minimum absolute atomic E-state index is 0. The summed E-state index contributed by atoms with van der Waals surface area (Å²) in [6.45, 7) is 7.69. The van der Waals surface area contributed by atoms with Crippen LogP contribution in [0.4, 0.5) is 13.2 Å². The maximum absolute atomic E-state index is 12.3. The van der Waals surface area contributed by atoms with E-state index in [1.807, 2.05) is 73.7 Å². The van der Waals surface area contributed by atoms with E-state index >= 15 is 0 Å². The van der Waals surface area contributed by atoms with E-state index in [1.54, 1.807) is 43.3 Å². The van der Waals surface area contributed by atoms with Crippen molar-refractivity contribution in [3.05, 3.63) is 192 Å². The van der Waals surface area contributed by atoms with Crippen molar-refractivity contribution < 1.29 is 17.9 Å². The molecule has 3 aliphatic rings. The first-order valence-corrected chi connectivity index (χ1v) is 19.8. The molecule has 5 aromatic rings. The van der Waals surface area contributed by atoms with Crippen LogP contribution in [0.3, 0.4) is 0 Å². The second kappa shape index (κ2) is 48.0. The number of ether oxygens (including phenoxy) is 1. The third-order valence-corrected chi connectivity index (χ3v) is 8.13. The highest BCUT2D eigenvalue weighted by Gasteiger charge is 1.96. The zero-order valence-corrected chi connectivity index (χ0v) is 33.2. The van der Waals surface area contributed by atoms with E-state index in [9.17, 15) is 13.2 Å². The van der Waals surface area contributed by atoms with Crippen molar-refractivity contribution in [2.75, 3.05) is 13.2 Å². The van der Waals surface area contributed by atoms with E-state index in [1.165, 1.54) is 119 Å². The van der Waals surface area contributed by atoms with Crippen LogP contribution in [0.5, 0.6) is 0 Å². The molecule has 59 heavy (non-hydrogen) atoms. The molecule has 1 saturated carbocycles. The maximum atomic E-state index is 12.3. The number of allylic oxidation sites excluding steroid dienone is 2. The Morgan fingerprint density at radius 2 is 0.712 bits per heavy atom. The molecular weight excluding hydrogens is 734 g/mol. The molecule has 5 aromatic carbocycles. The van der Waals surface area contributed by atoms with Crippen LogP contribution in [-0.4, -0.2) is 13.2 Å². The van der Waals surface area contributed by atoms with Crippen molar-refractivity contribution in [1.29, 1.82) is 0 Å². The molecule has 0 bridgehead atoms. The third-order valence-electron chi connectivity index (χ3n) is 8.13. The monoisotopic (exact) mass is 819 g/mol. The Kier molecular flexibility index (Phi) is 51.8. The van der Waals surface area contributed by atoms with Gasteiger partial charge in [-0.15, -0.1) is 0 Å². The zero-order valence-electron chi connectivity index (χ0n) is 33.2. The lowest BCUT2D eigenvalue weighted by atomic mass is 10.0. The summed E-state index contributed by atoms with van der Waals surface area (Å²) >= 11 is 0. The van der Waals surface area contributed by atoms with Gasteiger partial charge in [0, 0.05) is 13.2 Å². The maximum Gasteiger partial charge on any atom is 0.126 e. The third kappa shape index (κ3) is 44.5. The molecule has 2 fully saturated rings. The summed E-state index contributed by atoms with van der Waals surface area (Å²) in [5.41, 5.74) is 2.99. The largest absolute Gasteiger partial charge is 0.381 e. The van der Waals surface area contributed by atoms with Gasteiger partial charge < -0.3 is 4.74 Å². The molecule has 1 aliphatic heterocycles. The quantitative estimate of drug-likeness (QED) is 0.141. The molecule has 0 atom stereocenters. The fourth-order valence-electron chi connectivity index (χ4n) is 5.00. The van der Waals surface area contributed by atoms with Gasteiger partial charge in [0.05, 0.1) is 0 Å². The number of hydrogen-bond donors (Lipinski definition) is 0. The Morgan fingerprint density at radius 3 is 0.932 bits per heavy atom. The lowest BCUT2D eigenvalue weighted by Gasteiger charge is -2.08. The standard InChI is InChI=1S/2C7H7F.C7H8.C6H5F.C6H12.C6H10.C6H6.C5H10O.5CH4/c1-6-3-2-4-7(8)5-6;1-6-4-2-3-5-7(6)8;1-7-5-3-2-4-6-7;7-6-4-2-1-3-5-6;4*1-2-4-6-5-3-1;;;;;/h2*2-5H,1H3;2-6H,1H3;1-5H;1-6H2;1-2H,3-6H2;1-6H;1-5H2;5*1H4. The van der Waals surface area contributed by atoms with E-state index < -0.39 is 0 Å². The fraction of sp³-hybridized carbons (Fsp3) is 0.418. The van der Waals surface area contributed by atoms with Gasteiger partial charge in [-0.1, -0.05) is 209 Å². The molecule has 0 spiro atoms. The molecule has 4 heteroatoms. The predicted octanol–water partition coefficient (Wildman–Crippen LogP) is 18.6. The van der Waals surface area contributed by atoms with Gasteiger partial charge in [0.1, 0.15) is 17.5 Å². The van der Waals surface area contributed by atoms with Crippen molar-refractivity contribution in [2.45, 2.75) is 141 Å². The molecule has 0 amide bonds. The summed E-state index contributed by atoms with van der Waals surface area (Å²) in [6.07, 6.45) is 22.9. The van der Waals surface area contributed by atoms with Crippen LogP contribution in [0.25, 0.3) is 0 Å². The molecule has 1 nitrogen and oxygen atoms in total. The lowest BCUT2D eigenvalue weighted by molar-refractivity contribution is 0.0968. The van der Waals surface area contributed by atoms with Gasteiger partial charge in [0.15, 0.2) is 0 Å². The van der Waals surface area contributed by atoms with E-state index in [0.717, 1.165) is 18.8 Å². The molecule has 332 valence electrons. The summed E-state index contributed by atoms with van der Waals surface area (Å²) in [7, 11) is 0. The van der Waals surface area contributed by atoms with E-state index in [4.69, 9.17) is 4.74 Å². The summed E-state index contributed by atoms with van der Waals surface area (Å²) in [6, 6.07) is 43.4. The number of benzene rings is 5. The van der Waals surface area contributed by atoms with Crippen LogP contribution in [0.1, 0.15) is 137 Å². The topological polar surface area (TPSA) is 9.23 Å². The van der Waals surface area contributed by atoms with Gasteiger partial charge in [0.2, 0.25) is 0 Å². The first-order valence-electron chi connectivity index (χ1n) is 19.8. The van der Waals surface area contributed by atoms with Gasteiger partial charge in [0.25, 0.3) is 0 Å². The van der Waals surface area contributed by atoms with Crippen LogP contribution >= 0.6 is 0 Å². The summed E-state index contributed by atoms with van der Waals surface area (Å²) in [5.74, 6) is -0.472. The average molecular weight is 819 g/mol. The Morgan fingerprint density at radius 1 is 0.356 bits per heavy atom. The molecule has 1 saturated heterocycles. The second-order valence-corrected chi connectivity index (χ2v) is 13.2. The smallest absolute Gasteiger partial charge is 0.126 e. The van der Waals surface area contributed by atoms with Crippen molar-refractivity contribution in [1.82, 2.24) is 0 Å². The molecule has 8 rings (SSSR count). The Hall–Kier alpha value is -4.41. The van der Waals surface area contributed by atoms with Gasteiger partial charge in [-0.3, -0.25) is 0 Å². The van der Waals surface area contributed by atoms with Crippen molar-refractivity contribution >= 4 is 0 Å². The Balaban J connectivity index is -0.000000186. The zero-order chi connectivity index (χ0) is 39.2. The number of halogens is 3. The highest BCUT2D eigenvalue weighted by atomic mass is 19.1. The van der Waals surface area contributed by atoms with Crippen molar-refractivity contribution in [2.24, 2.45) is 0 Å². The number of hydrogen-bond acceptors (Lipinski definition) is 1. The molecule has 0 aromatic heterocycles. The van der Waals surface area contributed by atoms with Crippen LogP contribution in [0, 0.1) is 38.2 Å². The summed E-state index contributed by atoms with van der Waals surface area (Å²) < 4.78 is 41.5. The van der Waals surface area contributed by atoms with Crippen molar-refractivity contribution in [3.63, 3.8) is 0 Å². The molecule has 0 N–H and O–H groups in total. The summed E-state index contributed by atoms with van der Waals surface area (Å²) in [5, 5.41) is 0. The fourth-order valence-corrected chi connectivity index (χ4v) is 5.00. The van der Waals surface area contributed by atoms with E-state index in [-0.39, 0.29) is 54.6 Å². The first-order chi connectivity index (χ1) is 26.4. The highest BCUT2D eigenvalue weighted by Crippen LogP contribution is 2.15. The second-order valence-electron chi connectivity index (χ2n) is 13.2. The minimum Gasteiger partial charge on any atom is -0.381 e. The predicted molar refractivity (Wildman–Crippen MR) is 260 cm³/mol. The van der Waals surface area contributed by atoms with Crippen molar-refractivity contribution in [3.8, 4) is 0 Å². The number of aryl methyl sites for hydroxylation is 3. The minimum atomic E-state index is -0.178. The first kappa shape index (κ1) is 63.8. The van der Waals surface area contributed by atoms with Gasteiger partial charge >= 0.3 is 0 Å². The van der Waals surface area contributed by atoms with Crippen LogP contribution in [0.2, 0.25) is 0 Å². The SMILES string of the molecule is C.C.C.C.C.C1=CCCCC1.C1CCCCC1.C1CCOCC1.Cc1cccc(F)c1.Cc1ccccc1.Cc1ccccc1F.Fc1ccccc1.c1ccccc1. The van der Waals surface area contributed by atoms with Crippen LogP contribution in [-0.2, 0) is 4.74 Å². The normalized spacial score (nSPS) is 12.4. The van der Waals surface area contributed by atoms with Gasteiger partial charge in [-0.05, 0) is 107 Å². The molecule has 1 heterocycles. The Labute approximate surface area is 363 Å². The van der Waals surface area contributed by atoms with Crippen LogP contribution in [0.15, 0.2) is 158 Å². The van der Waals surface area contributed by atoms with E-state index in [2.05, 4.69) is 31.2 Å².